The predicted octanol–water partition coefficient (Wildman–Crippen LogP) is 4.60. The summed E-state index contributed by atoms with van der Waals surface area (Å²) in [6.07, 6.45) is 2.82. The largest absolute Gasteiger partial charge is 0.139 e. The number of hydrogen-bond acceptors (Lipinski definition) is 2. The molecule has 0 saturated heterocycles. The van der Waals surface area contributed by atoms with E-state index < -0.39 is 0 Å². The molecule has 0 aliphatic heterocycles. The second-order valence-electron chi connectivity index (χ2n) is 3.20. The minimum atomic E-state index is 0.911. The Labute approximate surface area is 87.4 Å². The Morgan fingerprint density at radius 1 is 1.17 bits per heavy atom. The van der Waals surface area contributed by atoms with E-state index in [0.29, 0.717) is 0 Å². The molecule has 2 aromatic rings. The molecule has 0 aromatic carbocycles. The van der Waals surface area contributed by atoms with Gasteiger partial charge < -0.3 is 0 Å². The summed E-state index contributed by atoms with van der Waals surface area (Å²) in [4.78, 5) is 1.60. The molecule has 0 N–H and O–H groups in total. The van der Waals surface area contributed by atoms with Crippen LogP contribution in [-0.4, -0.2) is 0 Å². The third-order valence-electron chi connectivity index (χ3n) is 2.18. The van der Waals surface area contributed by atoms with Gasteiger partial charge in [-0.2, -0.15) is 0 Å². The van der Waals surface area contributed by atoms with Gasteiger partial charge in [0.15, 0.2) is 0 Å². The molecule has 0 amide bonds. The van der Waals surface area contributed by atoms with Crippen molar-refractivity contribution in [2.45, 2.75) is 18.8 Å². The topological polar surface area (TPSA) is 0 Å². The maximum absolute atomic E-state index is 3.51. The van der Waals surface area contributed by atoms with Crippen molar-refractivity contribution in [1.29, 1.82) is 0 Å². The average Bonchev–Trinajstić information content (AvgIpc) is 2.69. The van der Waals surface area contributed by atoms with Crippen LogP contribution in [0.15, 0.2) is 15.9 Å². The zero-order valence-electron chi connectivity index (χ0n) is 6.34. The zero-order valence-corrected chi connectivity index (χ0v) is 9.56. The summed E-state index contributed by atoms with van der Waals surface area (Å²) in [7, 11) is 0. The summed E-state index contributed by atoms with van der Waals surface area (Å²) in [6.45, 7) is 0. The van der Waals surface area contributed by atoms with E-state index >= 15 is 0 Å². The van der Waals surface area contributed by atoms with E-state index in [4.69, 9.17) is 0 Å². The first-order valence-electron chi connectivity index (χ1n) is 4.02. The van der Waals surface area contributed by atoms with Gasteiger partial charge in [-0.3, -0.25) is 0 Å². The lowest BCUT2D eigenvalue weighted by molar-refractivity contribution is 1.18. The van der Waals surface area contributed by atoms with E-state index in [2.05, 4.69) is 28.1 Å². The van der Waals surface area contributed by atoms with Crippen LogP contribution < -0.4 is 0 Å². The normalized spacial score (nSPS) is 17.4. The molecule has 12 heavy (non-hydrogen) atoms. The second-order valence-corrected chi connectivity index (χ2v) is 6.78. The molecular formula is C9H7BrS2. The van der Waals surface area contributed by atoms with Crippen LogP contribution in [0, 0.1) is 0 Å². The van der Waals surface area contributed by atoms with Crippen LogP contribution >= 0.6 is 38.6 Å². The van der Waals surface area contributed by atoms with Crippen LogP contribution in [0.4, 0.5) is 0 Å². The Hall–Kier alpha value is 0.140. The molecule has 0 bridgehead atoms. The fourth-order valence-electron chi connectivity index (χ4n) is 1.39. The fraction of sp³-hybridized carbons (Fsp3) is 0.333. The molecule has 3 heteroatoms. The SMILES string of the molecule is Brc1cc2sc(C3CC3)cc2s1. The van der Waals surface area contributed by atoms with Crippen molar-refractivity contribution in [3.05, 3.63) is 20.8 Å². The van der Waals surface area contributed by atoms with Crippen LogP contribution in [0.2, 0.25) is 0 Å². The highest BCUT2D eigenvalue weighted by Crippen LogP contribution is 2.47. The fourth-order valence-corrected chi connectivity index (χ4v) is 4.60. The minimum Gasteiger partial charge on any atom is -0.139 e. The first-order chi connectivity index (χ1) is 5.83. The van der Waals surface area contributed by atoms with Gasteiger partial charge in [-0.25, -0.2) is 0 Å². The number of rotatable bonds is 1. The van der Waals surface area contributed by atoms with Gasteiger partial charge in [0, 0.05) is 14.3 Å². The van der Waals surface area contributed by atoms with Crippen LogP contribution in [0.25, 0.3) is 9.40 Å². The Kier molecular flexibility index (Phi) is 1.61. The number of fused-ring (bicyclic) bond motifs is 1. The lowest BCUT2D eigenvalue weighted by Crippen LogP contribution is -1.63. The van der Waals surface area contributed by atoms with Gasteiger partial charge in [-0.05, 0) is 46.8 Å². The summed E-state index contributed by atoms with van der Waals surface area (Å²) in [5, 5.41) is 0. The lowest BCUT2D eigenvalue weighted by Gasteiger charge is -1.84. The molecule has 0 spiro atoms. The number of halogens is 1. The van der Waals surface area contributed by atoms with Gasteiger partial charge in [0.25, 0.3) is 0 Å². The van der Waals surface area contributed by atoms with Crippen molar-refractivity contribution in [3.63, 3.8) is 0 Å². The van der Waals surface area contributed by atoms with Gasteiger partial charge in [0.1, 0.15) is 0 Å². The molecule has 2 heterocycles. The second kappa shape index (κ2) is 2.56. The van der Waals surface area contributed by atoms with Crippen LogP contribution in [0.1, 0.15) is 23.6 Å². The van der Waals surface area contributed by atoms with E-state index in [1.807, 2.05) is 22.7 Å². The molecule has 2 aromatic heterocycles. The molecule has 0 unspecified atom stereocenters. The van der Waals surface area contributed by atoms with Gasteiger partial charge >= 0.3 is 0 Å². The van der Waals surface area contributed by atoms with Crippen molar-refractivity contribution in [2.24, 2.45) is 0 Å². The molecule has 1 aliphatic rings. The smallest absolute Gasteiger partial charge is 0.0719 e. The van der Waals surface area contributed by atoms with Gasteiger partial charge in [0.2, 0.25) is 0 Å². The van der Waals surface area contributed by atoms with E-state index in [1.165, 1.54) is 26.0 Å². The third kappa shape index (κ3) is 1.15. The molecule has 1 aliphatic carbocycles. The first-order valence-corrected chi connectivity index (χ1v) is 6.44. The number of thiophene rings is 2. The molecular weight excluding hydrogens is 252 g/mol. The highest BCUT2D eigenvalue weighted by Gasteiger charge is 2.25. The Bertz CT molecular complexity index is 391. The Morgan fingerprint density at radius 3 is 2.58 bits per heavy atom. The molecule has 0 atom stereocenters. The average molecular weight is 259 g/mol. The van der Waals surface area contributed by atoms with E-state index in [1.54, 1.807) is 4.88 Å². The van der Waals surface area contributed by atoms with Crippen molar-refractivity contribution in [3.8, 4) is 0 Å². The van der Waals surface area contributed by atoms with Crippen molar-refractivity contribution in [2.75, 3.05) is 0 Å². The minimum absolute atomic E-state index is 0.911. The maximum Gasteiger partial charge on any atom is 0.0719 e. The van der Waals surface area contributed by atoms with Crippen molar-refractivity contribution < 1.29 is 0 Å². The Morgan fingerprint density at radius 2 is 1.92 bits per heavy atom. The molecule has 3 rings (SSSR count). The predicted molar refractivity (Wildman–Crippen MR) is 59.4 cm³/mol. The van der Waals surface area contributed by atoms with Crippen LogP contribution in [0.5, 0.6) is 0 Å². The monoisotopic (exact) mass is 258 g/mol. The molecule has 0 radical (unpaired) electrons. The standard InChI is InChI=1S/C9H7BrS2/c10-9-4-8-7(12-9)3-6(11-8)5-1-2-5/h3-5H,1-2H2. The van der Waals surface area contributed by atoms with Gasteiger partial charge in [-0.1, -0.05) is 0 Å². The van der Waals surface area contributed by atoms with Crippen molar-refractivity contribution in [1.82, 2.24) is 0 Å². The molecule has 1 fully saturated rings. The highest BCUT2D eigenvalue weighted by atomic mass is 79.9. The van der Waals surface area contributed by atoms with E-state index in [0.717, 1.165) is 5.92 Å². The van der Waals surface area contributed by atoms with Crippen molar-refractivity contribution >= 4 is 48.0 Å². The quantitative estimate of drug-likeness (QED) is 0.702. The summed E-state index contributed by atoms with van der Waals surface area (Å²) in [6, 6.07) is 4.60. The first kappa shape index (κ1) is 7.54. The maximum atomic E-state index is 3.51. The zero-order chi connectivity index (χ0) is 8.13. The van der Waals surface area contributed by atoms with Gasteiger partial charge in [-0.15, -0.1) is 22.7 Å². The molecule has 1 saturated carbocycles. The summed E-state index contributed by atoms with van der Waals surface area (Å²) < 4.78 is 4.16. The molecule has 0 nitrogen and oxygen atoms in total. The Balaban J connectivity index is 2.18. The van der Waals surface area contributed by atoms with E-state index in [-0.39, 0.29) is 0 Å². The summed E-state index contributed by atoms with van der Waals surface area (Å²) >= 11 is 7.32. The van der Waals surface area contributed by atoms with Gasteiger partial charge in [0.05, 0.1) is 3.79 Å². The summed E-state index contributed by atoms with van der Waals surface area (Å²) in [5.74, 6) is 0.911. The lowest BCUT2D eigenvalue weighted by atomic mass is 10.3. The summed E-state index contributed by atoms with van der Waals surface area (Å²) in [5.41, 5.74) is 0. The number of hydrogen-bond donors (Lipinski definition) is 0. The van der Waals surface area contributed by atoms with Crippen LogP contribution in [0.3, 0.4) is 0 Å². The molecule has 62 valence electrons. The highest BCUT2D eigenvalue weighted by molar-refractivity contribution is 9.11. The van der Waals surface area contributed by atoms with E-state index in [9.17, 15) is 0 Å². The van der Waals surface area contributed by atoms with Crippen LogP contribution in [-0.2, 0) is 0 Å². The third-order valence-corrected chi connectivity index (χ3v) is 5.13.